The number of carbonyl (C=O) groups is 2. The molecule has 2 aromatic carbocycles. The molecular formula is C17H17FN2O6S. The van der Waals surface area contributed by atoms with Gasteiger partial charge in [0.2, 0.25) is 0 Å². The minimum absolute atomic E-state index is 0.0576. The van der Waals surface area contributed by atoms with Crippen molar-refractivity contribution >= 4 is 27.6 Å². The van der Waals surface area contributed by atoms with Crippen molar-refractivity contribution in [2.45, 2.75) is 10.9 Å². The van der Waals surface area contributed by atoms with E-state index in [1.165, 1.54) is 30.3 Å². The number of esters is 1. The van der Waals surface area contributed by atoms with Gasteiger partial charge in [-0.3, -0.25) is 9.52 Å². The van der Waals surface area contributed by atoms with Crippen LogP contribution in [0.4, 0.5) is 10.1 Å². The first-order valence-corrected chi connectivity index (χ1v) is 9.13. The summed E-state index contributed by atoms with van der Waals surface area (Å²) < 4.78 is 44.8. The van der Waals surface area contributed by atoms with E-state index < -0.39 is 40.4 Å². The van der Waals surface area contributed by atoms with Crippen LogP contribution in [-0.2, 0) is 19.6 Å². The third kappa shape index (κ3) is 5.02. The number of aliphatic hydroxyl groups is 1. The van der Waals surface area contributed by atoms with Gasteiger partial charge in [0, 0.05) is 5.56 Å². The normalized spacial score (nSPS) is 12.1. The molecule has 0 unspecified atom stereocenters. The number of benzene rings is 2. The van der Waals surface area contributed by atoms with Gasteiger partial charge in [-0.15, -0.1) is 0 Å². The van der Waals surface area contributed by atoms with Crippen LogP contribution in [0.25, 0.3) is 0 Å². The van der Waals surface area contributed by atoms with Crippen LogP contribution in [-0.4, -0.2) is 45.2 Å². The maximum Gasteiger partial charge on any atom is 0.330 e. The summed E-state index contributed by atoms with van der Waals surface area (Å²) in [7, 11) is -2.95. The Hall–Kier alpha value is -2.98. The number of sulfonamides is 1. The Kier molecular flexibility index (Phi) is 6.48. The minimum atomic E-state index is -4.06. The van der Waals surface area contributed by atoms with E-state index in [-0.39, 0.29) is 16.1 Å². The lowest BCUT2D eigenvalue weighted by Gasteiger charge is -2.14. The Morgan fingerprint density at radius 1 is 1.15 bits per heavy atom. The molecule has 3 N–H and O–H groups in total. The highest BCUT2D eigenvalue weighted by Crippen LogP contribution is 2.19. The summed E-state index contributed by atoms with van der Waals surface area (Å²) in [4.78, 5) is 23.3. The summed E-state index contributed by atoms with van der Waals surface area (Å²) in [5.41, 5.74) is -0.148. The van der Waals surface area contributed by atoms with Gasteiger partial charge in [-0.1, -0.05) is 12.1 Å². The molecular weight excluding hydrogens is 379 g/mol. The number of carbonyl (C=O) groups excluding carboxylic acids is 2. The van der Waals surface area contributed by atoms with Crippen LogP contribution < -0.4 is 10.0 Å². The molecule has 1 amide bonds. The van der Waals surface area contributed by atoms with E-state index in [1.807, 2.05) is 0 Å². The summed E-state index contributed by atoms with van der Waals surface area (Å²) in [6.07, 6.45) is 0. The van der Waals surface area contributed by atoms with Gasteiger partial charge in [-0.25, -0.2) is 17.6 Å². The zero-order valence-electron chi connectivity index (χ0n) is 14.2. The summed E-state index contributed by atoms with van der Waals surface area (Å²) in [6, 6.07) is 8.80. The van der Waals surface area contributed by atoms with E-state index in [4.69, 9.17) is 5.11 Å². The first-order chi connectivity index (χ1) is 12.8. The molecule has 27 heavy (non-hydrogen) atoms. The fraction of sp³-hybridized carbons (Fsp3) is 0.176. The maximum absolute atomic E-state index is 13.6. The first kappa shape index (κ1) is 20.3. The first-order valence-electron chi connectivity index (χ1n) is 7.65. The molecule has 2 aromatic rings. The summed E-state index contributed by atoms with van der Waals surface area (Å²) in [6.45, 7) is -0.655. The largest absolute Gasteiger partial charge is 0.467 e. The molecule has 0 heterocycles. The topological polar surface area (TPSA) is 122 Å². The van der Waals surface area contributed by atoms with Crippen LogP contribution in [0.5, 0.6) is 0 Å². The number of ether oxygens (including phenoxy) is 1. The van der Waals surface area contributed by atoms with Gasteiger partial charge >= 0.3 is 5.97 Å². The van der Waals surface area contributed by atoms with Gasteiger partial charge in [-0.2, -0.15) is 0 Å². The molecule has 0 aromatic heterocycles. The van der Waals surface area contributed by atoms with Gasteiger partial charge in [-0.05, 0) is 36.4 Å². The Bertz CT molecular complexity index is 931. The van der Waals surface area contributed by atoms with Gasteiger partial charge in [0.1, 0.15) is 5.82 Å². The zero-order valence-corrected chi connectivity index (χ0v) is 15.0. The number of hydrogen-bond acceptors (Lipinski definition) is 6. The van der Waals surface area contributed by atoms with Crippen LogP contribution in [0.2, 0.25) is 0 Å². The average molecular weight is 396 g/mol. The lowest BCUT2D eigenvalue weighted by molar-refractivity contribution is -0.143. The third-order valence-electron chi connectivity index (χ3n) is 3.52. The highest BCUT2D eigenvalue weighted by Gasteiger charge is 2.22. The molecule has 0 bridgehead atoms. The monoisotopic (exact) mass is 396 g/mol. The van der Waals surface area contributed by atoms with Gasteiger partial charge in [0.25, 0.3) is 15.9 Å². The molecule has 0 aliphatic carbocycles. The Morgan fingerprint density at radius 2 is 1.78 bits per heavy atom. The summed E-state index contributed by atoms with van der Waals surface area (Å²) in [5, 5.41) is 11.4. The summed E-state index contributed by atoms with van der Waals surface area (Å²) >= 11 is 0. The van der Waals surface area contributed by atoms with E-state index in [9.17, 15) is 22.4 Å². The third-order valence-corrected chi connectivity index (χ3v) is 4.90. The number of hydrogen-bond donors (Lipinski definition) is 3. The van der Waals surface area contributed by atoms with E-state index in [0.29, 0.717) is 0 Å². The second kappa shape index (κ2) is 8.60. The smallest absolute Gasteiger partial charge is 0.330 e. The number of rotatable bonds is 7. The second-order valence-corrected chi connectivity index (χ2v) is 7.02. The van der Waals surface area contributed by atoms with Crippen molar-refractivity contribution in [2.24, 2.45) is 0 Å². The molecule has 144 valence electrons. The molecule has 0 aliphatic heterocycles. The number of nitrogens with one attached hydrogen (secondary N) is 2. The molecule has 0 aliphatic rings. The highest BCUT2D eigenvalue weighted by atomic mass is 32.2. The van der Waals surface area contributed by atoms with Crippen LogP contribution in [0.15, 0.2) is 53.4 Å². The van der Waals surface area contributed by atoms with Crippen LogP contribution in [0, 0.1) is 5.82 Å². The predicted molar refractivity (Wildman–Crippen MR) is 94.0 cm³/mol. The Morgan fingerprint density at radius 3 is 2.33 bits per heavy atom. The van der Waals surface area contributed by atoms with Crippen LogP contribution in [0.3, 0.4) is 0 Å². The average Bonchev–Trinajstić information content (AvgIpc) is 2.67. The fourth-order valence-electron chi connectivity index (χ4n) is 2.10. The van der Waals surface area contributed by atoms with Crippen molar-refractivity contribution in [1.82, 2.24) is 5.32 Å². The summed E-state index contributed by atoms with van der Waals surface area (Å²) in [5.74, 6) is -2.25. The molecule has 8 nitrogen and oxygen atoms in total. The van der Waals surface area contributed by atoms with Crippen molar-refractivity contribution in [3.63, 3.8) is 0 Å². The van der Waals surface area contributed by atoms with Crippen molar-refractivity contribution in [2.75, 3.05) is 18.4 Å². The quantitative estimate of drug-likeness (QED) is 0.598. The molecule has 0 fully saturated rings. The van der Waals surface area contributed by atoms with Crippen molar-refractivity contribution in [3.8, 4) is 0 Å². The molecule has 0 radical (unpaired) electrons. The van der Waals surface area contributed by atoms with Crippen molar-refractivity contribution in [1.29, 1.82) is 0 Å². The number of aliphatic hydroxyl groups excluding tert-OH is 1. The minimum Gasteiger partial charge on any atom is -0.467 e. The standard InChI is InChI=1S/C17H17FN2O6S/c1-26-17(23)15(10-21)19-16(22)11-6-8-12(9-7-11)27(24,25)20-14-5-3-2-4-13(14)18/h2-9,15,20-21H,10H2,1H3,(H,19,22)/t15-/m1/s1. The molecule has 10 heteroatoms. The number of anilines is 1. The SMILES string of the molecule is COC(=O)[C@@H](CO)NC(=O)c1ccc(S(=O)(=O)Nc2ccccc2F)cc1. The van der Waals surface area contributed by atoms with Crippen molar-refractivity contribution in [3.05, 3.63) is 59.9 Å². The lowest BCUT2D eigenvalue weighted by atomic mass is 10.2. The van der Waals surface area contributed by atoms with E-state index in [2.05, 4.69) is 14.8 Å². The van der Waals surface area contributed by atoms with Gasteiger partial charge in [0.05, 0.1) is 24.3 Å². The second-order valence-electron chi connectivity index (χ2n) is 5.34. The van der Waals surface area contributed by atoms with E-state index >= 15 is 0 Å². The van der Waals surface area contributed by atoms with E-state index in [0.717, 1.165) is 25.3 Å². The van der Waals surface area contributed by atoms with E-state index in [1.54, 1.807) is 0 Å². The van der Waals surface area contributed by atoms with Gasteiger partial charge < -0.3 is 15.2 Å². The molecule has 2 rings (SSSR count). The van der Waals surface area contributed by atoms with Crippen LogP contribution >= 0.6 is 0 Å². The molecule has 0 saturated heterocycles. The zero-order chi connectivity index (χ0) is 20.0. The Balaban J connectivity index is 2.15. The van der Waals surface area contributed by atoms with Crippen LogP contribution in [0.1, 0.15) is 10.4 Å². The Labute approximate surface area is 155 Å². The highest BCUT2D eigenvalue weighted by molar-refractivity contribution is 7.92. The lowest BCUT2D eigenvalue weighted by Crippen LogP contribution is -2.44. The van der Waals surface area contributed by atoms with Crippen molar-refractivity contribution < 1.29 is 32.2 Å². The molecule has 1 atom stereocenters. The number of amides is 1. The molecule has 0 spiro atoms. The molecule has 0 saturated carbocycles. The number of halogens is 1. The number of para-hydroxylation sites is 1. The predicted octanol–water partition coefficient (Wildman–Crippen LogP) is 0.890. The number of methoxy groups -OCH3 is 1. The maximum atomic E-state index is 13.6. The fourth-order valence-corrected chi connectivity index (χ4v) is 3.16. The van der Waals surface area contributed by atoms with Gasteiger partial charge in [0.15, 0.2) is 6.04 Å².